The number of carbonyl (C=O) groups is 2. The SMILES string of the molecule is NC(=O)Oc1ccncc1-c1ccc(N2CCOCC2=O)c(Cl)n1. The van der Waals surface area contributed by atoms with E-state index in [9.17, 15) is 9.59 Å². The second-order valence-corrected chi connectivity index (χ2v) is 5.26. The predicted octanol–water partition coefficient (Wildman–Crippen LogP) is 1.62. The largest absolute Gasteiger partial charge is 0.410 e. The molecule has 0 aliphatic carbocycles. The van der Waals surface area contributed by atoms with Crippen LogP contribution in [0.2, 0.25) is 5.15 Å². The molecule has 1 saturated heterocycles. The normalized spacial score (nSPS) is 14.5. The van der Waals surface area contributed by atoms with E-state index in [4.69, 9.17) is 26.8 Å². The summed E-state index contributed by atoms with van der Waals surface area (Å²) < 4.78 is 10.0. The van der Waals surface area contributed by atoms with Gasteiger partial charge < -0.3 is 20.1 Å². The number of hydrogen-bond donors (Lipinski definition) is 1. The molecule has 1 aliphatic rings. The topological polar surface area (TPSA) is 108 Å². The van der Waals surface area contributed by atoms with Crippen LogP contribution in [0.25, 0.3) is 11.3 Å². The van der Waals surface area contributed by atoms with Gasteiger partial charge in [0.25, 0.3) is 5.91 Å². The van der Waals surface area contributed by atoms with E-state index in [1.165, 1.54) is 23.4 Å². The summed E-state index contributed by atoms with van der Waals surface area (Å²) >= 11 is 6.24. The van der Waals surface area contributed by atoms with Crippen LogP contribution in [0.5, 0.6) is 5.75 Å². The molecule has 0 saturated carbocycles. The molecule has 0 radical (unpaired) electrons. The first-order valence-corrected chi connectivity index (χ1v) is 7.40. The number of nitrogens with zero attached hydrogens (tertiary/aromatic N) is 3. The van der Waals surface area contributed by atoms with E-state index in [-0.39, 0.29) is 23.4 Å². The zero-order chi connectivity index (χ0) is 17.1. The van der Waals surface area contributed by atoms with Gasteiger partial charge in [0.15, 0.2) is 5.15 Å². The minimum Gasteiger partial charge on any atom is -0.410 e. The van der Waals surface area contributed by atoms with E-state index < -0.39 is 6.09 Å². The minimum atomic E-state index is -0.941. The van der Waals surface area contributed by atoms with E-state index in [0.29, 0.717) is 30.1 Å². The standard InChI is InChI=1S/C15H13ClN4O4/c16-14-11(20-5-6-23-8-13(20)21)2-1-10(19-14)9-7-18-4-3-12(9)24-15(17)22/h1-4,7H,5-6,8H2,(H2,17,22). The number of amides is 2. The summed E-state index contributed by atoms with van der Waals surface area (Å²) in [6, 6.07) is 4.83. The number of morpholine rings is 1. The van der Waals surface area contributed by atoms with Crippen LogP contribution >= 0.6 is 11.6 Å². The Morgan fingerprint density at radius 2 is 2.21 bits per heavy atom. The molecule has 8 nitrogen and oxygen atoms in total. The molecular formula is C15H13ClN4O4. The molecular weight excluding hydrogens is 336 g/mol. The summed E-state index contributed by atoms with van der Waals surface area (Å²) in [4.78, 5) is 32.7. The molecule has 2 N–H and O–H groups in total. The van der Waals surface area contributed by atoms with E-state index in [1.807, 2.05) is 0 Å². The lowest BCUT2D eigenvalue weighted by Gasteiger charge is -2.27. The first-order valence-electron chi connectivity index (χ1n) is 7.02. The molecule has 0 unspecified atom stereocenters. The number of carbonyl (C=O) groups excluding carboxylic acids is 2. The number of ether oxygens (including phenoxy) is 2. The molecule has 0 bridgehead atoms. The molecule has 0 spiro atoms. The summed E-state index contributed by atoms with van der Waals surface area (Å²) in [7, 11) is 0. The number of primary amides is 1. The number of aromatic nitrogens is 2. The van der Waals surface area contributed by atoms with Gasteiger partial charge in [-0.05, 0) is 12.1 Å². The van der Waals surface area contributed by atoms with Crippen molar-refractivity contribution in [2.75, 3.05) is 24.7 Å². The Hall–Kier alpha value is -2.71. The maximum absolute atomic E-state index is 11.9. The molecule has 3 rings (SSSR count). The zero-order valence-electron chi connectivity index (χ0n) is 12.4. The average molecular weight is 349 g/mol. The molecule has 2 aromatic heterocycles. The smallest absolute Gasteiger partial charge is 0.409 e. The van der Waals surface area contributed by atoms with Gasteiger partial charge in [-0.25, -0.2) is 9.78 Å². The van der Waals surface area contributed by atoms with E-state index in [0.717, 1.165) is 0 Å². The van der Waals surface area contributed by atoms with Gasteiger partial charge in [0.05, 0.1) is 23.6 Å². The maximum atomic E-state index is 11.9. The van der Waals surface area contributed by atoms with Crippen molar-refractivity contribution in [2.45, 2.75) is 0 Å². The van der Waals surface area contributed by atoms with Crippen molar-refractivity contribution in [3.63, 3.8) is 0 Å². The number of pyridine rings is 2. The molecule has 24 heavy (non-hydrogen) atoms. The third-order valence-electron chi connectivity index (χ3n) is 3.37. The van der Waals surface area contributed by atoms with Crippen molar-refractivity contribution >= 4 is 29.3 Å². The molecule has 0 aromatic carbocycles. The fourth-order valence-electron chi connectivity index (χ4n) is 2.32. The van der Waals surface area contributed by atoms with Crippen LogP contribution in [0.4, 0.5) is 10.5 Å². The lowest BCUT2D eigenvalue weighted by molar-refractivity contribution is -0.125. The van der Waals surface area contributed by atoms with Gasteiger partial charge in [-0.15, -0.1) is 0 Å². The maximum Gasteiger partial charge on any atom is 0.409 e. The van der Waals surface area contributed by atoms with Gasteiger partial charge in [-0.3, -0.25) is 9.78 Å². The van der Waals surface area contributed by atoms with Crippen molar-refractivity contribution < 1.29 is 19.1 Å². The Bertz CT molecular complexity index is 799. The monoisotopic (exact) mass is 348 g/mol. The Morgan fingerprint density at radius 3 is 2.92 bits per heavy atom. The highest BCUT2D eigenvalue weighted by Gasteiger charge is 2.23. The lowest BCUT2D eigenvalue weighted by Crippen LogP contribution is -2.41. The van der Waals surface area contributed by atoms with E-state index in [1.54, 1.807) is 12.1 Å². The summed E-state index contributed by atoms with van der Waals surface area (Å²) in [5.41, 5.74) is 6.44. The van der Waals surface area contributed by atoms with Crippen LogP contribution in [-0.4, -0.2) is 41.7 Å². The van der Waals surface area contributed by atoms with Crippen LogP contribution in [0.1, 0.15) is 0 Å². The van der Waals surface area contributed by atoms with Crippen molar-refractivity contribution in [3.05, 3.63) is 35.7 Å². The third kappa shape index (κ3) is 3.29. The quantitative estimate of drug-likeness (QED) is 0.844. The Morgan fingerprint density at radius 1 is 1.38 bits per heavy atom. The minimum absolute atomic E-state index is 0.0112. The number of hydrogen-bond acceptors (Lipinski definition) is 6. The van der Waals surface area contributed by atoms with Gasteiger partial charge in [0, 0.05) is 25.0 Å². The number of halogens is 1. The number of anilines is 1. The summed E-state index contributed by atoms with van der Waals surface area (Å²) in [5.74, 6) is 0.0353. The van der Waals surface area contributed by atoms with Crippen molar-refractivity contribution in [1.29, 1.82) is 0 Å². The fraction of sp³-hybridized carbons (Fsp3) is 0.200. The molecule has 1 aliphatic heterocycles. The third-order valence-corrected chi connectivity index (χ3v) is 3.65. The second kappa shape index (κ2) is 6.81. The summed E-state index contributed by atoms with van der Waals surface area (Å²) in [6.45, 7) is 0.850. The van der Waals surface area contributed by atoms with Crippen molar-refractivity contribution in [1.82, 2.24) is 9.97 Å². The van der Waals surface area contributed by atoms with Gasteiger partial charge in [-0.1, -0.05) is 11.6 Å². The van der Waals surface area contributed by atoms with Crippen molar-refractivity contribution in [2.24, 2.45) is 5.73 Å². The molecule has 2 amide bonds. The van der Waals surface area contributed by atoms with Gasteiger partial charge in [-0.2, -0.15) is 0 Å². The average Bonchev–Trinajstić information content (AvgIpc) is 2.56. The summed E-state index contributed by atoms with van der Waals surface area (Å²) in [6.07, 6.45) is 2.00. The molecule has 0 atom stereocenters. The molecule has 3 heterocycles. The molecule has 2 aromatic rings. The van der Waals surface area contributed by atoms with Gasteiger partial charge >= 0.3 is 6.09 Å². The van der Waals surface area contributed by atoms with Crippen LogP contribution in [-0.2, 0) is 9.53 Å². The Labute approximate surface area is 142 Å². The Kier molecular flexibility index (Phi) is 4.59. The second-order valence-electron chi connectivity index (χ2n) is 4.90. The van der Waals surface area contributed by atoms with Gasteiger partial charge in [0.1, 0.15) is 12.4 Å². The fourth-order valence-corrected chi connectivity index (χ4v) is 2.58. The highest BCUT2D eigenvalue weighted by Crippen LogP contribution is 2.32. The first kappa shape index (κ1) is 16.2. The van der Waals surface area contributed by atoms with Crippen LogP contribution in [0, 0.1) is 0 Å². The van der Waals surface area contributed by atoms with E-state index in [2.05, 4.69) is 9.97 Å². The molecule has 1 fully saturated rings. The lowest BCUT2D eigenvalue weighted by atomic mass is 10.1. The first-order chi connectivity index (χ1) is 11.6. The zero-order valence-corrected chi connectivity index (χ0v) is 13.2. The number of rotatable bonds is 3. The van der Waals surface area contributed by atoms with E-state index >= 15 is 0 Å². The van der Waals surface area contributed by atoms with Gasteiger partial charge in [0.2, 0.25) is 0 Å². The highest BCUT2D eigenvalue weighted by atomic mass is 35.5. The highest BCUT2D eigenvalue weighted by molar-refractivity contribution is 6.32. The molecule has 124 valence electrons. The summed E-state index contributed by atoms with van der Waals surface area (Å²) in [5, 5.41) is 0.150. The Balaban J connectivity index is 1.96. The molecule has 9 heteroatoms. The predicted molar refractivity (Wildman–Crippen MR) is 85.9 cm³/mol. The van der Waals surface area contributed by atoms with Crippen LogP contribution in [0.3, 0.4) is 0 Å². The van der Waals surface area contributed by atoms with Crippen LogP contribution < -0.4 is 15.4 Å². The van der Waals surface area contributed by atoms with Crippen molar-refractivity contribution in [3.8, 4) is 17.0 Å². The number of nitrogens with two attached hydrogens (primary N) is 1. The van der Waals surface area contributed by atoms with Crippen LogP contribution in [0.15, 0.2) is 30.6 Å².